The van der Waals surface area contributed by atoms with Crippen LogP contribution in [0.15, 0.2) is 36.5 Å². The molecule has 1 saturated heterocycles. The van der Waals surface area contributed by atoms with Crippen molar-refractivity contribution in [2.24, 2.45) is 0 Å². The van der Waals surface area contributed by atoms with Crippen LogP contribution in [0.1, 0.15) is 23.3 Å². The van der Waals surface area contributed by atoms with Crippen LogP contribution in [0.25, 0.3) is 5.69 Å². The number of aromatic nitrogens is 2. The molecule has 0 spiro atoms. The number of carbonyl (C=O) groups excluding carboxylic acids is 1. The molecule has 0 saturated carbocycles. The van der Waals surface area contributed by atoms with Gasteiger partial charge in [-0.05, 0) is 38.1 Å². The Labute approximate surface area is 122 Å². The molecule has 1 aromatic heterocycles. The van der Waals surface area contributed by atoms with E-state index in [1.54, 1.807) is 0 Å². The van der Waals surface area contributed by atoms with Crippen molar-refractivity contribution in [3.63, 3.8) is 0 Å². The molecule has 0 atom stereocenters. The van der Waals surface area contributed by atoms with E-state index < -0.39 is 0 Å². The number of benzene rings is 1. The molecule has 2 heterocycles. The molecule has 6 nitrogen and oxygen atoms in total. The Morgan fingerprint density at radius 3 is 2.71 bits per heavy atom. The standard InChI is InChI=1S/C15H18N4O2/c20-13-10-19(12-4-2-1-3-5-12)18-14(13)15(21)17-11-6-8-16-9-7-11/h1-5,10-11,16,20H,6-9H2,(H,17,21). The molecule has 6 heteroatoms. The number of piperidine rings is 1. The summed E-state index contributed by atoms with van der Waals surface area (Å²) in [4.78, 5) is 12.2. The third-order valence-corrected chi connectivity index (χ3v) is 3.61. The average molecular weight is 286 g/mol. The molecule has 1 fully saturated rings. The molecule has 1 aliphatic heterocycles. The molecule has 21 heavy (non-hydrogen) atoms. The lowest BCUT2D eigenvalue weighted by Gasteiger charge is -2.23. The van der Waals surface area contributed by atoms with Gasteiger partial charge < -0.3 is 15.7 Å². The molecule has 1 aliphatic rings. The summed E-state index contributed by atoms with van der Waals surface area (Å²) in [5.41, 5.74) is 0.867. The summed E-state index contributed by atoms with van der Waals surface area (Å²) in [7, 11) is 0. The Balaban J connectivity index is 1.76. The van der Waals surface area contributed by atoms with Crippen molar-refractivity contribution >= 4 is 5.91 Å². The van der Waals surface area contributed by atoms with Crippen molar-refractivity contribution in [3.8, 4) is 11.4 Å². The SMILES string of the molecule is O=C(NC1CCNCC1)c1nn(-c2ccccc2)cc1O. The summed E-state index contributed by atoms with van der Waals surface area (Å²) in [5.74, 6) is -0.431. The van der Waals surface area contributed by atoms with Crippen LogP contribution < -0.4 is 10.6 Å². The van der Waals surface area contributed by atoms with Crippen LogP contribution in [-0.4, -0.2) is 39.9 Å². The van der Waals surface area contributed by atoms with Crippen LogP contribution in [0.5, 0.6) is 5.75 Å². The van der Waals surface area contributed by atoms with Gasteiger partial charge in [-0.15, -0.1) is 0 Å². The van der Waals surface area contributed by atoms with Gasteiger partial charge in [0.1, 0.15) is 0 Å². The van der Waals surface area contributed by atoms with E-state index in [1.165, 1.54) is 10.9 Å². The predicted octanol–water partition coefficient (Wildman–Crippen LogP) is 1.06. The van der Waals surface area contributed by atoms with Crippen molar-refractivity contribution in [3.05, 3.63) is 42.2 Å². The maximum Gasteiger partial charge on any atom is 0.275 e. The van der Waals surface area contributed by atoms with Gasteiger partial charge in [0.05, 0.1) is 11.9 Å². The summed E-state index contributed by atoms with van der Waals surface area (Å²) in [6, 6.07) is 9.52. The number of carbonyl (C=O) groups is 1. The summed E-state index contributed by atoms with van der Waals surface area (Å²) >= 11 is 0. The summed E-state index contributed by atoms with van der Waals surface area (Å²) < 4.78 is 1.51. The minimum atomic E-state index is -0.325. The Morgan fingerprint density at radius 2 is 2.00 bits per heavy atom. The number of aromatic hydroxyl groups is 1. The van der Waals surface area contributed by atoms with E-state index in [0.29, 0.717) is 0 Å². The van der Waals surface area contributed by atoms with Crippen LogP contribution in [0.2, 0.25) is 0 Å². The first-order valence-corrected chi connectivity index (χ1v) is 7.09. The number of para-hydroxylation sites is 1. The van der Waals surface area contributed by atoms with Crippen molar-refractivity contribution in [2.45, 2.75) is 18.9 Å². The first-order chi connectivity index (χ1) is 10.2. The summed E-state index contributed by atoms with van der Waals surface area (Å²) in [6.45, 7) is 1.80. The van der Waals surface area contributed by atoms with E-state index in [1.807, 2.05) is 30.3 Å². The average Bonchev–Trinajstić information content (AvgIpc) is 2.91. The Morgan fingerprint density at radius 1 is 1.29 bits per heavy atom. The fraction of sp³-hybridized carbons (Fsp3) is 0.333. The molecule has 0 bridgehead atoms. The maximum atomic E-state index is 12.2. The Bertz CT molecular complexity index is 618. The van der Waals surface area contributed by atoms with Gasteiger partial charge >= 0.3 is 0 Å². The second kappa shape index (κ2) is 5.97. The van der Waals surface area contributed by atoms with E-state index in [9.17, 15) is 9.90 Å². The van der Waals surface area contributed by atoms with Crippen LogP contribution in [-0.2, 0) is 0 Å². The molecule has 1 aromatic carbocycles. The van der Waals surface area contributed by atoms with Gasteiger partial charge in [0, 0.05) is 6.04 Å². The minimum absolute atomic E-state index is 0.0670. The van der Waals surface area contributed by atoms with Crippen molar-refractivity contribution in [2.75, 3.05) is 13.1 Å². The number of amides is 1. The summed E-state index contributed by atoms with van der Waals surface area (Å²) in [5, 5.41) is 20.3. The van der Waals surface area contributed by atoms with Crippen molar-refractivity contribution in [1.82, 2.24) is 20.4 Å². The Hall–Kier alpha value is -2.34. The molecule has 3 rings (SSSR count). The second-order valence-electron chi connectivity index (χ2n) is 5.14. The third-order valence-electron chi connectivity index (χ3n) is 3.61. The summed E-state index contributed by atoms with van der Waals surface area (Å²) in [6.07, 6.45) is 3.24. The normalized spacial score (nSPS) is 15.8. The fourth-order valence-corrected chi connectivity index (χ4v) is 2.46. The number of nitrogens with zero attached hydrogens (tertiary/aromatic N) is 2. The second-order valence-corrected chi connectivity index (χ2v) is 5.14. The number of rotatable bonds is 3. The lowest BCUT2D eigenvalue weighted by molar-refractivity contribution is 0.0921. The highest BCUT2D eigenvalue weighted by Gasteiger charge is 2.21. The van der Waals surface area contributed by atoms with Crippen LogP contribution >= 0.6 is 0 Å². The van der Waals surface area contributed by atoms with Crippen molar-refractivity contribution in [1.29, 1.82) is 0 Å². The highest BCUT2D eigenvalue weighted by molar-refractivity contribution is 5.95. The zero-order valence-corrected chi connectivity index (χ0v) is 11.6. The molecule has 3 N–H and O–H groups in total. The van der Waals surface area contributed by atoms with E-state index in [0.717, 1.165) is 31.6 Å². The first kappa shape index (κ1) is 13.6. The Kier molecular flexibility index (Phi) is 3.87. The predicted molar refractivity (Wildman–Crippen MR) is 78.6 cm³/mol. The van der Waals surface area contributed by atoms with Gasteiger partial charge in [-0.1, -0.05) is 18.2 Å². The minimum Gasteiger partial charge on any atom is -0.504 e. The van der Waals surface area contributed by atoms with Crippen LogP contribution in [0.4, 0.5) is 0 Å². The van der Waals surface area contributed by atoms with Gasteiger partial charge in [0.25, 0.3) is 5.91 Å². The van der Waals surface area contributed by atoms with Crippen molar-refractivity contribution < 1.29 is 9.90 Å². The smallest absolute Gasteiger partial charge is 0.275 e. The molecule has 2 aromatic rings. The number of hydrogen-bond acceptors (Lipinski definition) is 4. The first-order valence-electron chi connectivity index (χ1n) is 7.09. The van der Waals surface area contributed by atoms with E-state index in [4.69, 9.17) is 0 Å². The zero-order valence-electron chi connectivity index (χ0n) is 11.6. The lowest BCUT2D eigenvalue weighted by Crippen LogP contribution is -2.42. The zero-order chi connectivity index (χ0) is 14.7. The van der Waals surface area contributed by atoms with Crippen LogP contribution in [0, 0.1) is 0 Å². The largest absolute Gasteiger partial charge is 0.504 e. The molecule has 110 valence electrons. The highest BCUT2D eigenvalue weighted by atomic mass is 16.3. The molecule has 1 amide bonds. The number of hydrogen-bond donors (Lipinski definition) is 3. The monoisotopic (exact) mass is 286 g/mol. The van der Waals surface area contributed by atoms with Gasteiger partial charge in [-0.2, -0.15) is 5.10 Å². The molecule has 0 aliphatic carbocycles. The molecular formula is C15H18N4O2. The molecule has 0 unspecified atom stereocenters. The van der Waals surface area contributed by atoms with Gasteiger partial charge in [0.15, 0.2) is 11.4 Å². The van der Waals surface area contributed by atoms with Gasteiger partial charge in [-0.25, -0.2) is 4.68 Å². The lowest BCUT2D eigenvalue weighted by atomic mass is 10.1. The van der Waals surface area contributed by atoms with Gasteiger partial charge in [-0.3, -0.25) is 4.79 Å². The van der Waals surface area contributed by atoms with Gasteiger partial charge in [0.2, 0.25) is 0 Å². The highest BCUT2D eigenvalue weighted by Crippen LogP contribution is 2.18. The fourth-order valence-electron chi connectivity index (χ4n) is 2.46. The maximum absolute atomic E-state index is 12.2. The third kappa shape index (κ3) is 3.05. The topological polar surface area (TPSA) is 79.2 Å². The number of nitrogens with one attached hydrogen (secondary N) is 2. The van der Waals surface area contributed by atoms with Crippen LogP contribution in [0.3, 0.4) is 0 Å². The molecular weight excluding hydrogens is 268 g/mol. The quantitative estimate of drug-likeness (QED) is 0.788. The van der Waals surface area contributed by atoms with E-state index >= 15 is 0 Å². The molecule has 0 radical (unpaired) electrons. The van der Waals surface area contributed by atoms with E-state index in [-0.39, 0.29) is 23.4 Å². The van der Waals surface area contributed by atoms with E-state index in [2.05, 4.69) is 15.7 Å².